The Labute approximate surface area is 241 Å². The van der Waals surface area contributed by atoms with Crippen LogP contribution in [0.5, 0.6) is 0 Å². The highest BCUT2D eigenvalue weighted by molar-refractivity contribution is 7.86. The lowest BCUT2D eigenvalue weighted by Crippen LogP contribution is -2.60. The van der Waals surface area contributed by atoms with Crippen LogP contribution in [0.4, 0.5) is 8.78 Å². The van der Waals surface area contributed by atoms with Crippen LogP contribution in [0.2, 0.25) is 0 Å². The van der Waals surface area contributed by atoms with E-state index in [1.54, 1.807) is 0 Å². The Kier molecular flexibility index (Phi) is 8.44. The molecule has 0 aromatic heterocycles. The average molecular weight is 603 g/mol. The van der Waals surface area contributed by atoms with Crippen LogP contribution < -0.4 is 0 Å². The molecule has 0 aromatic rings. The first-order valence-corrected chi connectivity index (χ1v) is 16.3. The third kappa shape index (κ3) is 5.31. The van der Waals surface area contributed by atoms with Crippen LogP contribution in [-0.4, -0.2) is 48.2 Å². The number of fused-ring (bicyclic) bond motifs is 5. The first-order valence-electron chi connectivity index (χ1n) is 14.9. The monoisotopic (exact) mass is 602 g/mol. The number of Topliss-reactive ketones (excluding diaryl/α,β-unsaturated/α-hetero) is 3. The van der Waals surface area contributed by atoms with Crippen molar-refractivity contribution >= 4 is 33.4 Å². The number of esters is 1. The van der Waals surface area contributed by atoms with E-state index in [0.717, 1.165) is 33.1 Å². The molecule has 4 aliphatic rings. The normalized spacial score (nSPS) is 36.8. The fourth-order valence-electron chi connectivity index (χ4n) is 8.92. The molecule has 0 aromatic carbocycles. The molecule has 8 nitrogen and oxygen atoms in total. The second kappa shape index (κ2) is 10.8. The third-order valence-corrected chi connectivity index (χ3v) is 13.0. The number of hydrogen-bond acceptors (Lipinski definition) is 7. The topological polar surface area (TPSA) is 132 Å². The van der Waals surface area contributed by atoms with E-state index in [-0.39, 0.29) is 64.7 Å². The van der Waals surface area contributed by atoms with Crippen molar-refractivity contribution in [1.82, 2.24) is 0 Å². The van der Waals surface area contributed by atoms with Gasteiger partial charge < -0.3 is 4.74 Å². The summed E-state index contributed by atoms with van der Waals surface area (Å²) < 4.78 is 64.3. The average Bonchev–Trinajstić information content (AvgIpc) is 3.22. The molecule has 232 valence electrons. The highest BCUT2D eigenvalue weighted by Gasteiger charge is 2.66. The first kappa shape index (κ1) is 32.2. The van der Waals surface area contributed by atoms with E-state index < -0.39 is 45.2 Å². The van der Waals surface area contributed by atoms with E-state index in [1.807, 2.05) is 13.8 Å². The first-order chi connectivity index (χ1) is 18.8. The van der Waals surface area contributed by atoms with Crippen molar-refractivity contribution in [2.45, 2.75) is 104 Å². The number of halogens is 2. The van der Waals surface area contributed by atoms with Crippen molar-refractivity contribution in [1.29, 1.82) is 0 Å². The van der Waals surface area contributed by atoms with Crippen LogP contribution in [0.25, 0.3) is 0 Å². The minimum Gasteiger partial charge on any atom is -0.466 e. The highest BCUT2D eigenvalue weighted by Crippen LogP contribution is 2.66. The van der Waals surface area contributed by atoms with Gasteiger partial charge in [-0.3, -0.25) is 23.7 Å². The van der Waals surface area contributed by atoms with Gasteiger partial charge in [-0.05, 0) is 67.1 Å². The van der Waals surface area contributed by atoms with E-state index in [0.29, 0.717) is 32.1 Å². The zero-order valence-electron chi connectivity index (χ0n) is 24.7. The lowest BCUT2D eigenvalue weighted by Gasteiger charge is -2.58. The smallest absolute Gasteiger partial charge is 0.375 e. The number of ether oxygens (including phenoxy) is 1. The maximum atomic E-state index is 14.1. The second-order valence-electron chi connectivity index (χ2n) is 14.3. The molecule has 0 saturated heterocycles. The van der Waals surface area contributed by atoms with Crippen molar-refractivity contribution in [3.63, 3.8) is 0 Å². The molecule has 0 radical (unpaired) electrons. The van der Waals surface area contributed by atoms with Crippen molar-refractivity contribution in [2.75, 3.05) is 6.61 Å². The summed E-state index contributed by atoms with van der Waals surface area (Å²) in [5, 5.41) is -4.40. The number of rotatable bonds is 9. The summed E-state index contributed by atoms with van der Waals surface area (Å²) in [7, 11) is -5.62. The van der Waals surface area contributed by atoms with Gasteiger partial charge in [-0.25, -0.2) is 0 Å². The fourth-order valence-corrected chi connectivity index (χ4v) is 9.72. The quantitative estimate of drug-likeness (QED) is 0.273. The zero-order valence-corrected chi connectivity index (χ0v) is 25.5. The Hall–Kier alpha value is -1.75. The molecule has 0 aliphatic heterocycles. The van der Waals surface area contributed by atoms with Gasteiger partial charge in [0.2, 0.25) is 0 Å². The summed E-state index contributed by atoms with van der Waals surface area (Å²) in [5.74, 6) is -0.314. The fraction of sp³-hybridized carbons (Fsp3) is 0.867. The molecule has 0 spiro atoms. The van der Waals surface area contributed by atoms with Gasteiger partial charge in [0.1, 0.15) is 17.3 Å². The molecule has 0 amide bonds. The molecule has 1 N–H and O–H groups in total. The number of carbonyl (C=O) groups excluding carboxylic acids is 4. The molecule has 4 rings (SSSR count). The molecule has 4 fully saturated rings. The third-order valence-electron chi connectivity index (χ3n) is 11.8. The minimum absolute atomic E-state index is 0.00704. The largest absolute Gasteiger partial charge is 0.466 e. The van der Waals surface area contributed by atoms with E-state index in [2.05, 4.69) is 6.92 Å². The number of hydrogen-bond donors (Lipinski definition) is 1. The maximum absolute atomic E-state index is 14.1. The Morgan fingerprint density at radius 1 is 1.10 bits per heavy atom. The summed E-state index contributed by atoms with van der Waals surface area (Å²) in [6, 6.07) is 0. The summed E-state index contributed by atoms with van der Waals surface area (Å²) in [6.07, 6.45) is 3.94. The van der Waals surface area contributed by atoms with Gasteiger partial charge in [0, 0.05) is 48.9 Å². The van der Waals surface area contributed by atoms with Crippen LogP contribution in [0.15, 0.2) is 0 Å². The van der Waals surface area contributed by atoms with Crippen molar-refractivity contribution in [2.24, 2.45) is 51.8 Å². The molecular formula is C30H44F2O8S. The van der Waals surface area contributed by atoms with E-state index in [4.69, 9.17) is 9.29 Å². The van der Waals surface area contributed by atoms with Crippen LogP contribution in [-0.2, 0) is 34.0 Å². The summed E-state index contributed by atoms with van der Waals surface area (Å²) in [5.41, 5.74) is -3.00. The van der Waals surface area contributed by atoms with Gasteiger partial charge in [0.15, 0.2) is 0 Å². The molecule has 4 saturated carbocycles. The Morgan fingerprint density at radius 2 is 1.76 bits per heavy atom. The Balaban J connectivity index is 1.37. The lowest BCUT2D eigenvalue weighted by atomic mass is 9.44. The van der Waals surface area contributed by atoms with Gasteiger partial charge in [-0.1, -0.05) is 34.6 Å². The van der Waals surface area contributed by atoms with Gasteiger partial charge in [0.05, 0.1) is 6.61 Å². The summed E-state index contributed by atoms with van der Waals surface area (Å²) in [6.45, 7) is 7.69. The summed E-state index contributed by atoms with van der Waals surface area (Å²) >= 11 is 0. The lowest BCUT2D eigenvalue weighted by molar-refractivity contribution is -0.166. The molecule has 4 aliphatic carbocycles. The molecule has 0 heterocycles. The second-order valence-corrected chi connectivity index (χ2v) is 15.8. The highest BCUT2D eigenvalue weighted by atomic mass is 32.2. The predicted octanol–water partition coefficient (Wildman–Crippen LogP) is 5.43. The van der Waals surface area contributed by atoms with Crippen LogP contribution in [0, 0.1) is 51.8 Å². The van der Waals surface area contributed by atoms with Gasteiger partial charge >= 0.3 is 21.3 Å². The van der Waals surface area contributed by atoms with Gasteiger partial charge in [0.25, 0.3) is 0 Å². The van der Waals surface area contributed by atoms with Crippen molar-refractivity contribution in [3.05, 3.63) is 0 Å². The molecule has 11 heteroatoms. The van der Waals surface area contributed by atoms with Crippen LogP contribution in [0.1, 0.15) is 98.8 Å². The SMILES string of the molecule is C[C@H](CCC(=O)OCCC(C)(C)C(F)(F)S(=O)(=O)O)[C@H]1CC[C@H]2[C@@H]3C(=O)CC4CC(=O)CC[C@]4(C)[C@@H]3CC(=O)[C@]12C. The van der Waals surface area contributed by atoms with Crippen molar-refractivity contribution in [3.8, 4) is 0 Å². The molecular weight excluding hydrogens is 558 g/mol. The molecule has 41 heavy (non-hydrogen) atoms. The molecule has 8 atom stereocenters. The van der Waals surface area contributed by atoms with Crippen LogP contribution >= 0.6 is 0 Å². The van der Waals surface area contributed by atoms with E-state index >= 15 is 0 Å². The number of ketones is 3. The number of carbonyl (C=O) groups is 4. The zero-order chi connectivity index (χ0) is 30.8. The standard InChI is InChI=1S/C30H44F2O8S/c1-17(6-9-25(36)40-13-12-27(2,3)30(31,32)41(37,38)39)20-7-8-21-26-22(16-24(35)29(20,21)5)28(4)11-10-19(33)14-18(28)15-23(26)34/h17-18,20-22,26H,6-16H2,1-5H3,(H,37,38,39)/t17-,18?,20-,21+,22-,26+,28+,29-/m1/s1. The van der Waals surface area contributed by atoms with Crippen LogP contribution in [0.3, 0.4) is 0 Å². The Bertz CT molecular complexity index is 1210. The summed E-state index contributed by atoms with van der Waals surface area (Å²) in [4.78, 5) is 52.0. The van der Waals surface area contributed by atoms with E-state index in [1.165, 1.54) is 0 Å². The Morgan fingerprint density at radius 3 is 2.39 bits per heavy atom. The van der Waals surface area contributed by atoms with E-state index in [9.17, 15) is 36.4 Å². The molecule has 0 bridgehead atoms. The predicted molar refractivity (Wildman–Crippen MR) is 145 cm³/mol. The van der Waals surface area contributed by atoms with Gasteiger partial charge in [-0.2, -0.15) is 17.2 Å². The molecule has 1 unspecified atom stereocenters. The maximum Gasteiger partial charge on any atom is 0.375 e. The number of alkyl halides is 2. The van der Waals surface area contributed by atoms with Crippen molar-refractivity contribution < 1.29 is 45.7 Å². The minimum atomic E-state index is -5.62. The van der Waals surface area contributed by atoms with Gasteiger partial charge in [-0.15, -0.1) is 0 Å².